The fourth-order valence-electron chi connectivity index (χ4n) is 2.99. The average Bonchev–Trinajstić information content (AvgIpc) is 2.48. The van der Waals surface area contributed by atoms with Gasteiger partial charge in [0.25, 0.3) is 0 Å². The van der Waals surface area contributed by atoms with Crippen molar-refractivity contribution in [1.29, 1.82) is 0 Å². The third-order valence-electron chi connectivity index (χ3n) is 4.03. The molecule has 1 unspecified atom stereocenters. The van der Waals surface area contributed by atoms with Gasteiger partial charge in [0.1, 0.15) is 6.04 Å². The first-order chi connectivity index (χ1) is 10.2. The Labute approximate surface area is 135 Å². The van der Waals surface area contributed by atoms with Crippen LogP contribution in [0.1, 0.15) is 45.4 Å². The third kappa shape index (κ3) is 5.34. The number of carbonyl (C=O) groups is 1. The highest BCUT2D eigenvalue weighted by Crippen LogP contribution is 2.29. The standard InChI is InChI=1S/C17H24BrNO2/c1-2-21-17(20)16(11-13-7-4-3-5-8-13)19-15-10-6-9-14(18)12-15/h6,9-10,12-13,16,19H,2-5,7-8,11H2,1H3. The van der Waals surface area contributed by atoms with E-state index >= 15 is 0 Å². The Bertz CT molecular complexity index is 458. The first-order valence-corrected chi connectivity index (χ1v) is 8.67. The fraction of sp³-hybridized carbons (Fsp3) is 0.588. The van der Waals surface area contributed by atoms with Crippen LogP contribution in [-0.4, -0.2) is 18.6 Å². The summed E-state index contributed by atoms with van der Waals surface area (Å²) >= 11 is 3.46. The van der Waals surface area contributed by atoms with E-state index in [1.54, 1.807) is 0 Å². The maximum absolute atomic E-state index is 12.2. The van der Waals surface area contributed by atoms with Crippen LogP contribution in [0, 0.1) is 5.92 Å². The number of hydrogen-bond donors (Lipinski definition) is 1. The molecule has 1 aliphatic rings. The summed E-state index contributed by atoms with van der Waals surface area (Å²) in [7, 11) is 0. The van der Waals surface area contributed by atoms with Crippen molar-refractivity contribution < 1.29 is 9.53 Å². The van der Waals surface area contributed by atoms with Crippen molar-refractivity contribution in [3.63, 3.8) is 0 Å². The number of rotatable bonds is 6. The number of hydrogen-bond acceptors (Lipinski definition) is 3. The Morgan fingerprint density at radius 2 is 2.14 bits per heavy atom. The predicted molar refractivity (Wildman–Crippen MR) is 89.4 cm³/mol. The van der Waals surface area contributed by atoms with Crippen LogP contribution in [0.4, 0.5) is 5.69 Å². The van der Waals surface area contributed by atoms with Crippen molar-refractivity contribution in [3.8, 4) is 0 Å². The number of esters is 1. The molecule has 0 heterocycles. The summed E-state index contributed by atoms with van der Waals surface area (Å²) in [5.41, 5.74) is 0.957. The summed E-state index contributed by atoms with van der Waals surface area (Å²) in [6.45, 7) is 2.29. The molecule has 1 saturated carbocycles. The number of halogens is 1. The van der Waals surface area contributed by atoms with Gasteiger partial charge in [-0.05, 0) is 37.5 Å². The molecule has 0 aliphatic heterocycles. The molecular weight excluding hydrogens is 330 g/mol. The largest absolute Gasteiger partial charge is 0.464 e. The van der Waals surface area contributed by atoms with Gasteiger partial charge in [-0.15, -0.1) is 0 Å². The summed E-state index contributed by atoms with van der Waals surface area (Å²) in [5, 5.41) is 3.35. The monoisotopic (exact) mass is 353 g/mol. The van der Waals surface area contributed by atoms with Crippen molar-refractivity contribution in [2.45, 2.75) is 51.5 Å². The Morgan fingerprint density at radius 1 is 1.38 bits per heavy atom. The van der Waals surface area contributed by atoms with Crippen molar-refractivity contribution in [2.75, 3.05) is 11.9 Å². The van der Waals surface area contributed by atoms with E-state index in [1.807, 2.05) is 31.2 Å². The zero-order chi connectivity index (χ0) is 15.1. The molecule has 1 fully saturated rings. The molecule has 1 atom stereocenters. The Kier molecular flexibility index (Phi) is 6.55. The van der Waals surface area contributed by atoms with Gasteiger partial charge < -0.3 is 10.1 Å². The first-order valence-electron chi connectivity index (χ1n) is 7.87. The molecule has 0 aromatic heterocycles. The van der Waals surface area contributed by atoms with Gasteiger partial charge in [0.05, 0.1) is 6.61 Å². The highest BCUT2D eigenvalue weighted by molar-refractivity contribution is 9.10. The van der Waals surface area contributed by atoms with Gasteiger partial charge in [-0.25, -0.2) is 4.79 Å². The smallest absolute Gasteiger partial charge is 0.328 e. The van der Waals surface area contributed by atoms with Gasteiger partial charge in [-0.2, -0.15) is 0 Å². The molecule has 1 N–H and O–H groups in total. The summed E-state index contributed by atoms with van der Waals surface area (Å²) in [6.07, 6.45) is 7.24. The minimum absolute atomic E-state index is 0.136. The first kappa shape index (κ1) is 16.3. The molecule has 1 aromatic rings. The maximum Gasteiger partial charge on any atom is 0.328 e. The molecule has 0 radical (unpaired) electrons. The van der Waals surface area contributed by atoms with Gasteiger partial charge >= 0.3 is 5.97 Å². The molecular formula is C17H24BrNO2. The van der Waals surface area contributed by atoms with E-state index in [0.717, 1.165) is 16.6 Å². The quantitative estimate of drug-likeness (QED) is 0.749. The van der Waals surface area contributed by atoms with Gasteiger partial charge in [0.2, 0.25) is 0 Å². The normalized spacial score (nSPS) is 17.2. The summed E-state index contributed by atoms with van der Waals surface area (Å²) in [5.74, 6) is 0.496. The van der Waals surface area contributed by atoms with Gasteiger partial charge in [-0.1, -0.05) is 54.1 Å². The Balaban J connectivity index is 2.02. The Hall–Kier alpha value is -1.03. The van der Waals surface area contributed by atoms with E-state index in [0.29, 0.717) is 12.5 Å². The molecule has 2 rings (SSSR count). The molecule has 3 nitrogen and oxygen atoms in total. The number of benzene rings is 1. The van der Waals surface area contributed by atoms with Gasteiger partial charge in [0.15, 0.2) is 0 Å². The lowest BCUT2D eigenvalue weighted by atomic mass is 9.85. The Morgan fingerprint density at radius 3 is 2.81 bits per heavy atom. The molecule has 0 saturated heterocycles. The number of ether oxygens (including phenoxy) is 1. The van der Waals surface area contributed by atoms with E-state index < -0.39 is 0 Å². The molecule has 0 bridgehead atoms. The van der Waals surface area contributed by atoms with Crippen LogP contribution in [0.15, 0.2) is 28.7 Å². The number of nitrogens with one attached hydrogen (secondary N) is 1. The van der Waals surface area contributed by atoms with Gasteiger partial charge in [0, 0.05) is 10.2 Å². The van der Waals surface area contributed by atoms with E-state index in [2.05, 4.69) is 21.2 Å². The fourth-order valence-corrected chi connectivity index (χ4v) is 3.39. The van der Waals surface area contributed by atoms with Crippen molar-refractivity contribution in [3.05, 3.63) is 28.7 Å². The molecule has 21 heavy (non-hydrogen) atoms. The van der Waals surface area contributed by atoms with Crippen LogP contribution < -0.4 is 5.32 Å². The second kappa shape index (κ2) is 8.42. The van der Waals surface area contributed by atoms with E-state index in [9.17, 15) is 4.79 Å². The molecule has 0 amide bonds. The molecule has 116 valence electrons. The lowest BCUT2D eigenvalue weighted by Gasteiger charge is -2.26. The van der Waals surface area contributed by atoms with Crippen LogP contribution in [0.25, 0.3) is 0 Å². The van der Waals surface area contributed by atoms with Gasteiger partial charge in [-0.3, -0.25) is 0 Å². The average molecular weight is 354 g/mol. The second-order valence-electron chi connectivity index (χ2n) is 5.70. The molecule has 0 spiro atoms. The van der Waals surface area contributed by atoms with Crippen molar-refractivity contribution in [2.24, 2.45) is 5.92 Å². The minimum atomic E-state index is -0.248. The van der Waals surface area contributed by atoms with Crippen LogP contribution >= 0.6 is 15.9 Å². The van der Waals surface area contributed by atoms with Crippen LogP contribution in [0.3, 0.4) is 0 Å². The lowest BCUT2D eigenvalue weighted by molar-refractivity contribution is -0.144. The molecule has 1 aliphatic carbocycles. The van der Waals surface area contributed by atoms with Crippen LogP contribution in [-0.2, 0) is 9.53 Å². The molecule has 4 heteroatoms. The molecule has 1 aromatic carbocycles. The number of anilines is 1. The van der Waals surface area contributed by atoms with Crippen molar-refractivity contribution >= 4 is 27.6 Å². The minimum Gasteiger partial charge on any atom is -0.464 e. The third-order valence-corrected chi connectivity index (χ3v) is 4.52. The van der Waals surface area contributed by atoms with E-state index in [1.165, 1.54) is 32.1 Å². The number of carbonyl (C=O) groups excluding carboxylic acids is 1. The summed E-state index contributed by atoms with van der Waals surface area (Å²) in [4.78, 5) is 12.2. The zero-order valence-corrected chi connectivity index (χ0v) is 14.2. The highest BCUT2D eigenvalue weighted by Gasteiger charge is 2.25. The maximum atomic E-state index is 12.2. The van der Waals surface area contributed by atoms with Crippen LogP contribution in [0.2, 0.25) is 0 Å². The SMILES string of the molecule is CCOC(=O)C(CC1CCCCC1)Nc1cccc(Br)c1. The zero-order valence-electron chi connectivity index (χ0n) is 12.6. The second-order valence-corrected chi connectivity index (χ2v) is 6.61. The topological polar surface area (TPSA) is 38.3 Å². The lowest BCUT2D eigenvalue weighted by Crippen LogP contribution is -2.34. The highest BCUT2D eigenvalue weighted by atomic mass is 79.9. The van der Waals surface area contributed by atoms with E-state index in [4.69, 9.17) is 4.74 Å². The van der Waals surface area contributed by atoms with E-state index in [-0.39, 0.29) is 12.0 Å². The van der Waals surface area contributed by atoms with Crippen molar-refractivity contribution in [1.82, 2.24) is 0 Å². The summed E-state index contributed by atoms with van der Waals surface area (Å²) < 4.78 is 6.24. The predicted octanol–water partition coefficient (Wildman–Crippen LogP) is 4.76. The van der Waals surface area contributed by atoms with Crippen LogP contribution in [0.5, 0.6) is 0 Å². The summed E-state index contributed by atoms with van der Waals surface area (Å²) in [6, 6.07) is 7.67.